The molecule has 0 aromatic heterocycles. The molecule has 1 N–H and O–H groups in total. The fourth-order valence-electron chi connectivity index (χ4n) is 5.98. The Bertz CT molecular complexity index is 1600. The molecule has 0 bridgehead atoms. The molecule has 168 valence electrons. The fraction of sp³-hybridized carbons (Fsp3) is 0.0741. The van der Waals surface area contributed by atoms with Crippen LogP contribution in [0.4, 0.5) is 11.4 Å². The van der Waals surface area contributed by atoms with Crippen molar-refractivity contribution in [3.05, 3.63) is 116 Å². The van der Waals surface area contributed by atoms with E-state index in [0.29, 0.717) is 39.3 Å². The minimum atomic E-state index is -1.81. The van der Waals surface area contributed by atoms with Gasteiger partial charge in [0.1, 0.15) is 5.41 Å². The highest BCUT2D eigenvalue weighted by Gasteiger charge is 2.64. The molecule has 1 spiro atoms. The fourth-order valence-corrected chi connectivity index (χ4v) is 5.98. The SMILES string of the molecule is CN1C(=O)C2(C3=C(NC4=C2C(=O)c2ccccc24)c2ccccc2C3=O)c2cc([N+](=O)[O-])ccc21. The number of carbonyl (C=O) groups is 3. The van der Waals surface area contributed by atoms with Crippen molar-refractivity contribution in [2.45, 2.75) is 5.41 Å². The van der Waals surface area contributed by atoms with Gasteiger partial charge in [0.2, 0.25) is 5.91 Å². The van der Waals surface area contributed by atoms with E-state index < -0.39 is 16.2 Å². The second-order valence-corrected chi connectivity index (χ2v) is 8.95. The third-order valence-corrected chi connectivity index (χ3v) is 7.42. The third-order valence-electron chi connectivity index (χ3n) is 7.42. The molecule has 2 aliphatic heterocycles. The Morgan fingerprint density at radius 2 is 1.31 bits per heavy atom. The van der Waals surface area contributed by atoms with Crippen molar-refractivity contribution in [2.75, 3.05) is 11.9 Å². The summed E-state index contributed by atoms with van der Waals surface area (Å²) in [6, 6.07) is 18.2. The Morgan fingerprint density at radius 3 is 1.83 bits per heavy atom. The standard InChI is InChI=1S/C27H15N3O5/c1-29-19-11-10-13(30(34)35)12-18(19)27(26(29)33)20-22(14-6-2-4-8-16(14)24(20)31)28-23-15-7-3-5-9-17(15)25(32)21(23)27/h2-12,28H,1H3. The summed E-state index contributed by atoms with van der Waals surface area (Å²) in [6.07, 6.45) is 0. The summed E-state index contributed by atoms with van der Waals surface area (Å²) in [4.78, 5) is 54.6. The van der Waals surface area contributed by atoms with E-state index in [4.69, 9.17) is 0 Å². The van der Waals surface area contributed by atoms with Gasteiger partial charge in [-0.2, -0.15) is 0 Å². The van der Waals surface area contributed by atoms with Gasteiger partial charge in [0.15, 0.2) is 11.6 Å². The lowest BCUT2D eigenvalue weighted by Gasteiger charge is -2.35. The number of hydrogen-bond donors (Lipinski definition) is 1. The van der Waals surface area contributed by atoms with E-state index in [1.165, 1.54) is 23.1 Å². The van der Waals surface area contributed by atoms with Gasteiger partial charge in [0.25, 0.3) is 5.69 Å². The lowest BCUT2D eigenvalue weighted by atomic mass is 9.65. The largest absolute Gasteiger partial charge is 0.354 e. The average molecular weight is 461 g/mol. The average Bonchev–Trinajstić information content (AvgIpc) is 3.41. The summed E-state index contributed by atoms with van der Waals surface area (Å²) >= 11 is 0. The molecular weight excluding hydrogens is 446 g/mol. The van der Waals surface area contributed by atoms with E-state index in [-0.39, 0.29) is 34.0 Å². The molecule has 0 fully saturated rings. The first kappa shape index (κ1) is 19.6. The first-order valence-corrected chi connectivity index (χ1v) is 11.0. The molecule has 4 aliphatic rings. The molecule has 2 heterocycles. The van der Waals surface area contributed by atoms with Crippen molar-refractivity contribution in [1.29, 1.82) is 0 Å². The zero-order valence-corrected chi connectivity index (χ0v) is 18.3. The predicted octanol–water partition coefficient (Wildman–Crippen LogP) is 3.63. The number of hydrogen-bond acceptors (Lipinski definition) is 6. The van der Waals surface area contributed by atoms with Crippen LogP contribution in [0.25, 0.3) is 11.4 Å². The minimum absolute atomic E-state index is 0.134. The molecule has 8 nitrogen and oxygen atoms in total. The molecule has 1 amide bonds. The number of fused-ring (bicyclic) bond motifs is 8. The van der Waals surface area contributed by atoms with Gasteiger partial charge in [0, 0.05) is 63.8 Å². The van der Waals surface area contributed by atoms with Crippen LogP contribution in [0, 0.1) is 10.1 Å². The topological polar surface area (TPSA) is 110 Å². The van der Waals surface area contributed by atoms with E-state index in [1.807, 2.05) is 0 Å². The number of nitro benzene ring substituents is 1. The molecule has 3 aromatic rings. The number of ketones is 2. The minimum Gasteiger partial charge on any atom is -0.354 e. The van der Waals surface area contributed by atoms with Gasteiger partial charge >= 0.3 is 0 Å². The van der Waals surface area contributed by atoms with Gasteiger partial charge in [-0.3, -0.25) is 24.5 Å². The number of likely N-dealkylation sites (N-methyl/N-ethyl adjacent to an activating group) is 1. The van der Waals surface area contributed by atoms with Crippen molar-refractivity contribution in [3.8, 4) is 0 Å². The first-order chi connectivity index (χ1) is 16.9. The van der Waals surface area contributed by atoms with Crippen molar-refractivity contribution in [2.24, 2.45) is 0 Å². The Morgan fingerprint density at radius 1 is 0.800 bits per heavy atom. The van der Waals surface area contributed by atoms with Crippen LogP contribution in [0.3, 0.4) is 0 Å². The molecule has 0 unspecified atom stereocenters. The first-order valence-electron chi connectivity index (χ1n) is 11.0. The molecule has 8 heteroatoms. The zero-order chi connectivity index (χ0) is 24.2. The predicted molar refractivity (Wildman–Crippen MR) is 127 cm³/mol. The van der Waals surface area contributed by atoms with Crippen molar-refractivity contribution in [3.63, 3.8) is 0 Å². The zero-order valence-electron chi connectivity index (χ0n) is 18.3. The van der Waals surface area contributed by atoms with Crippen LogP contribution >= 0.6 is 0 Å². The third kappa shape index (κ3) is 2.06. The number of nitrogens with zero attached hydrogens (tertiary/aromatic N) is 2. The summed E-state index contributed by atoms with van der Waals surface area (Å²) in [5.41, 5.74) is 1.93. The molecule has 0 saturated carbocycles. The lowest BCUT2D eigenvalue weighted by molar-refractivity contribution is -0.384. The summed E-state index contributed by atoms with van der Waals surface area (Å²) in [5.74, 6) is -1.24. The number of nitro groups is 1. The number of amides is 1. The summed E-state index contributed by atoms with van der Waals surface area (Å²) in [7, 11) is 1.56. The maximum absolute atomic E-state index is 14.3. The van der Waals surface area contributed by atoms with Crippen molar-refractivity contribution < 1.29 is 19.3 Å². The maximum Gasteiger partial charge on any atom is 0.269 e. The second-order valence-electron chi connectivity index (χ2n) is 8.95. The Labute approximate surface area is 198 Å². The number of dihydropyridines is 1. The maximum atomic E-state index is 14.3. The van der Waals surface area contributed by atoms with Gasteiger partial charge in [-0.15, -0.1) is 0 Å². The number of rotatable bonds is 1. The smallest absolute Gasteiger partial charge is 0.269 e. The van der Waals surface area contributed by atoms with Crippen LogP contribution in [0.2, 0.25) is 0 Å². The Hall–Kier alpha value is -4.85. The highest BCUT2D eigenvalue weighted by Crippen LogP contribution is 2.60. The van der Waals surface area contributed by atoms with Crippen LogP contribution < -0.4 is 10.2 Å². The molecule has 3 aromatic carbocycles. The summed E-state index contributed by atoms with van der Waals surface area (Å²) in [5, 5.41) is 15.0. The van der Waals surface area contributed by atoms with Crippen LogP contribution in [-0.4, -0.2) is 29.4 Å². The van der Waals surface area contributed by atoms with E-state index in [1.54, 1.807) is 55.6 Å². The van der Waals surface area contributed by atoms with E-state index in [0.717, 1.165) is 0 Å². The number of Topliss-reactive ketones (excluding diaryl/α,β-unsaturated/α-hetero) is 2. The number of benzene rings is 3. The molecule has 0 saturated heterocycles. The van der Waals surface area contributed by atoms with Crippen LogP contribution in [0.1, 0.15) is 37.4 Å². The Kier molecular flexibility index (Phi) is 3.46. The Balaban J connectivity index is 1.65. The molecule has 2 aliphatic carbocycles. The van der Waals surface area contributed by atoms with E-state index in [2.05, 4.69) is 5.32 Å². The molecule has 7 rings (SSSR count). The molecular formula is C27H15N3O5. The van der Waals surface area contributed by atoms with Crippen LogP contribution in [0.15, 0.2) is 77.9 Å². The monoisotopic (exact) mass is 461 g/mol. The number of nitrogens with one attached hydrogen (secondary N) is 1. The highest BCUT2D eigenvalue weighted by molar-refractivity contribution is 6.37. The normalized spacial score (nSPS) is 18.4. The van der Waals surface area contributed by atoms with Gasteiger partial charge < -0.3 is 10.2 Å². The lowest BCUT2D eigenvalue weighted by Crippen LogP contribution is -2.48. The van der Waals surface area contributed by atoms with Crippen LogP contribution in [0.5, 0.6) is 0 Å². The van der Waals surface area contributed by atoms with Gasteiger partial charge in [0.05, 0.1) is 16.3 Å². The number of anilines is 1. The summed E-state index contributed by atoms with van der Waals surface area (Å²) in [6.45, 7) is 0. The molecule has 0 atom stereocenters. The van der Waals surface area contributed by atoms with Gasteiger partial charge in [-0.05, 0) is 6.07 Å². The summed E-state index contributed by atoms with van der Waals surface area (Å²) < 4.78 is 0. The van der Waals surface area contributed by atoms with E-state index >= 15 is 0 Å². The number of carbonyl (C=O) groups excluding carboxylic acids is 3. The quantitative estimate of drug-likeness (QED) is 0.438. The van der Waals surface area contributed by atoms with Gasteiger partial charge in [-0.25, -0.2) is 0 Å². The second kappa shape index (κ2) is 6.18. The van der Waals surface area contributed by atoms with Crippen molar-refractivity contribution >= 4 is 40.2 Å². The molecule has 0 radical (unpaired) electrons. The van der Waals surface area contributed by atoms with Gasteiger partial charge in [-0.1, -0.05) is 48.5 Å². The van der Waals surface area contributed by atoms with E-state index in [9.17, 15) is 24.5 Å². The number of non-ortho nitro benzene ring substituents is 1. The molecule has 35 heavy (non-hydrogen) atoms. The highest BCUT2D eigenvalue weighted by atomic mass is 16.6. The van der Waals surface area contributed by atoms with Crippen molar-refractivity contribution in [1.82, 2.24) is 5.32 Å². The van der Waals surface area contributed by atoms with Crippen LogP contribution in [-0.2, 0) is 10.2 Å².